The highest BCUT2D eigenvalue weighted by Crippen LogP contribution is 2.36. The van der Waals surface area contributed by atoms with Gasteiger partial charge in [0.2, 0.25) is 5.41 Å². The molecular formula is C7H8O4. The van der Waals surface area contributed by atoms with Gasteiger partial charge in [0.1, 0.15) is 0 Å². The minimum absolute atomic E-state index is 0.593. The molecule has 60 valence electrons. The molecule has 0 aromatic carbocycles. The summed E-state index contributed by atoms with van der Waals surface area (Å²) in [5, 5.41) is 0. The van der Waals surface area contributed by atoms with E-state index in [4.69, 9.17) is 0 Å². The highest BCUT2D eigenvalue weighted by Gasteiger charge is 2.52. The van der Waals surface area contributed by atoms with Crippen molar-refractivity contribution in [3.8, 4) is 0 Å². The topological polar surface area (TPSA) is 52.6 Å². The van der Waals surface area contributed by atoms with Crippen molar-refractivity contribution >= 4 is 11.9 Å². The molecule has 0 bridgehead atoms. The average molecular weight is 156 g/mol. The van der Waals surface area contributed by atoms with Crippen molar-refractivity contribution in [2.45, 2.75) is 0 Å². The fourth-order valence-electron chi connectivity index (χ4n) is 0.777. The summed E-state index contributed by atoms with van der Waals surface area (Å²) in [5.74, 6) is -1.19. The lowest BCUT2D eigenvalue weighted by Gasteiger charge is -2.09. The van der Waals surface area contributed by atoms with E-state index < -0.39 is 17.4 Å². The van der Waals surface area contributed by atoms with Gasteiger partial charge in [-0.25, -0.2) is 0 Å². The molecule has 0 aromatic rings. The van der Waals surface area contributed by atoms with Crippen molar-refractivity contribution in [3.63, 3.8) is 0 Å². The lowest BCUT2D eigenvalue weighted by molar-refractivity contribution is -0.159. The van der Waals surface area contributed by atoms with Crippen LogP contribution in [-0.4, -0.2) is 26.2 Å². The van der Waals surface area contributed by atoms with Crippen molar-refractivity contribution in [2.24, 2.45) is 5.41 Å². The molecular weight excluding hydrogens is 148 g/mol. The third-order valence-electron chi connectivity index (χ3n) is 1.55. The maximum atomic E-state index is 10.9. The van der Waals surface area contributed by atoms with Crippen molar-refractivity contribution in [3.05, 3.63) is 12.2 Å². The predicted octanol–water partition coefficient (Wildman–Crippen LogP) is -0.111. The van der Waals surface area contributed by atoms with Crippen LogP contribution in [0.25, 0.3) is 0 Å². The van der Waals surface area contributed by atoms with Crippen molar-refractivity contribution in [1.82, 2.24) is 0 Å². The van der Waals surface area contributed by atoms with E-state index in [-0.39, 0.29) is 0 Å². The Kier molecular flexibility index (Phi) is 1.68. The van der Waals surface area contributed by atoms with Crippen LogP contribution < -0.4 is 0 Å². The maximum Gasteiger partial charge on any atom is 0.331 e. The van der Waals surface area contributed by atoms with E-state index in [1.807, 2.05) is 0 Å². The molecule has 0 saturated carbocycles. The van der Waals surface area contributed by atoms with Gasteiger partial charge in [-0.15, -0.1) is 0 Å². The fraction of sp³-hybridized carbons (Fsp3) is 0.429. The molecule has 1 rings (SSSR count). The average Bonchev–Trinajstić information content (AvgIpc) is 2.82. The number of ether oxygens (including phenoxy) is 2. The third kappa shape index (κ3) is 1.00. The first-order valence-electron chi connectivity index (χ1n) is 3.04. The van der Waals surface area contributed by atoms with Crippen LogP contribution >= 0.6 is 0 Å². The first-order chi connectivity index (χ1) is 5.17. The molecule has 4 heteroatoms. The molecule has 1 aliphatic rings. The molecule has 0 spiro atoms. The van der Waals surface area contributed by atoms with Crippen LogP contribution in [0.2, 0.25) is 0 Å². The number of carbonyl (C=O) groups excluding carboxylic acids is 2. The second kappa shape index (κ2) is 2.38. The van der Waals surface area contributed by atoms with Gasteiger partial charge in [-0.05, 0) is 0 Å². The summed E-state index contributed by atoms with van der Waals surface area (Å²) in [6.45, 7) is 0. The zero-order valence-corrected chi connectivity index (χ0v) is 6.29. The van der Waals surface area contributed by atoms with E-state index in [0.29, 0.717) is 0 Å². The normalized spacial score (nSPS) is 17.3. The number of rotatable bonds is 2. The van der Waals surface area contributed by atoms with Gasteiger partial charge >= 0.3 is 11.9 Å². The smallest absolute Gasteiger partial charge is 0.331 e. The molecule has 0 aliphatic heterocycles. The van der Waals surface area contributed by atoms with Gasteiger partial charge in [0.25, 0.3) is 0 Å². The van der Waals surface area contributed by atoms with Gasteiger partial charge in [-0.3, -0.25) is 9.59 Å². The lowest BCUT2D eigenvalue weighted by Crippen LogP contribution is -2.29. The van der Waals surface area contributed by atoms with Gasteiger partial charge in [0.05, 0.1) is 14.2 Å². The fourth-order valence-corrected chi connectivity index (χ4v) is 0.777. The molecule has 0 fully saturated rings. The van der Waals surface area contributed by atoms with E-state index in [1.54, 1.807) is 0 Å². The quantitative estimate of drug-likeness (QED) is 0.318. The summed E-state index contributed by atoms with van der Waals surface area (Å²) in [5.41, 5.74) is -1.20. The van der Waals surface area contributed by atoms with E-state index in [0.717, 1.165) is 0 Å². The summed E-state index contributed by atoms with van der Waals surface area (Å²) in [7, 11) is 2.46. The SMILES string of the molecule is COC(=O)C1(C(=O)OC)C=C1. The highest BCUT2D eigenvalue weighted by atomic mass is 16.5. The number of methoxy groups -OCH3 is 2. The van der Waals surface area contributed by atoms with Crippen LogP contribution in [0.15, 0.2) is 12.2 Å². The first kappa shape index (κ1) is 7.78. The Morgan fingerprint density at radius 3 is 1.64 bits per heavy atom. The number of carbonyl (C=O) groups is 2. The van der Waals surface area contributed by atoms with Gasteiger partial charge < -0.3 is 9.47 Å². The summed E-state index contributed by atoms with van der Waals surface area (Å²) in [6, 6.07) is 0. The van der Waals surface area contributed by atoms with Crippen molar-refractivity contribution < 1.29 is 19.1 Å². The summed E-state index contributed by atoms with van der Waals surface area (Å²) >= 11 is 0. The molecule has 4 nitrogen and oxygen atoms in total. The molecule has 0 unspecified atom stereocenters. The van der Waals surface area contributed by atoms with Crippen LogP contribution in [-0.2, 0) is 19.1 Å². The molecule has 0 N–H and O–H groups in total. The van der Waals surface area contributed by atoms with Crippen LogP contribution in [0.4, 0.5) is 0 Å². The Bertz CT molecular complexity index is 205. The summed E-state index contributed by atoms with van der Waals surface area (Å²) in [6.07, 6.45) is 2.90. The standard InChI is InChI=1S/C7H8O4/c1-10-5(8)7(3-4-7)6(9)11-2/h3-4H,1-2H3. The summed E-state index contributed by atoms with van der Waals surface area (Å²) in [4.78, 5) is 21.8. The van der Waals surface area contributed by atoms with Gasteiger partial charge in [-0.1, -0.05) is 12.2 Å². The van der Waals surface area contributed by atoms with Crippen LogP contribution in [0, 0.1) is 5.41 Å². The van der Waals surface area contributed by atoms with Gasteiger partial charge in [-0.2, -0.15) is 0 Å². The summed E-state index contributed by atoms with van der Waals surface area (Å²) < 4.78 is 8.80. The second-order valence-electron chi connectivity index (χ2n) is 2.19. The molecule has 1 aliphatic carbocycles. The molecule has 0 atom stereocenters. The highest BCUT2D eigenvalue weighted by molar-refractivity contribution is 6.08. The minimum atomic E-state index is -1.20. The molecule has 0 heterocycles. The Hall–Kier alpha value is -1.32. The van der Waals surface area contributed by atoms with Gasteiger partial charge in [0, 0.05) is 0 Å². The first-order valence-corrected chi connectivity index (χ1v) is 3.04. The number of esters is 2. The Morgan fingerprint density at radius 1 is 1.09 bits per heavy atom. The maximum absolute atomic E-state index is 10.9. The molecule has 0 aromatic heterocycles. The molecule has 0 amide bonds. The van der Waals surface area contributed by atoms with Crippen LogP contribution in [0.1, 0.15) is 0 Å². The van der Waals surface area contributed by atoms with Crippen LogP contribution in [0.3, 0.4) is 0 Å². The number of hydrogen-bond donors (Lipinski definition) is 0. The van der Waals surface area contributed by atoms with Gasteiger partial charge in [0.15, 0.2) is 0 Å². The largest absolute Gasteiger partial charge is 0.468 e. The molecule has 11 heavy (non-hydrogen) atoms. The van der Waals surface area contributed by atoms with Crippen molar-refractivity contribution in [2.75, 3.05) is 14.2 Å². The van der Waals surface area contributed by atoms with E-state index in [1.165, 1.54) is 26.4 Å². The molecule has 0 radical (unpaired) electrons. The third-order valence-corrected chi connectivity index (χ3v) is 1.55. The lowest BCUT2D eigenvalue weighted by atomic mass is 10.1. The monoisotopic (exact) mass is 156 g/mol. The van der Waals surface area contributed by atoms with Crippen LogP contribution in [0.5, 0.6) is 0 Å². The van der Waals surface area contributed by atoms with E-state index in [9.17, 15) is 9.59 Å². The Labute approximate surface area is 63.8 Å². The Balaban J connectivity index is 2.68. The minimum Gasteiger partial charge on any atom is -0.468 e. The number of hydrogen-bond acceptors (Lipinski definition) is 4. The van der Waals surface area contributed by atoms with E-state index in [2.05, 4.69) is 9.47 Å². The predicted molar refractivity (Wildman–Crippen MR) is 35.6 cm³/mol. The molecule has 0 saturated heterocycles. The van der Waals surface area contributed by atoms with Crippen molar-refractivity contribution in [1.29, 1.82) is 0 Å². The van der Waals surface area contributed by atoms with E-state index >= 15 is 0 Å². The zero-order valence-electron chi connectivity index (χ0n) is 6.29. The second-order valence-corrected chi connectivity index (χ2v) is 2.19. The Morgan fingerprint density at radius 2 is 1.45 bits per heavy atom. The zero-order chi connectivity index (χ0) is 8.48.